The minimum atomic E-state index is -0.721. The number of hydrogen-bond acceptors (Lipinski definition) is 6. The number of rotatable bonds is 7. The quantitative estimate of drug-likeness (QED) is 0.371. The first-order valence-corrected chi connectivity index (χ1v) is 11.6. The number of nitrogens with zero attached hydrogens (tertiary/aromatic N) is 2. The lowest BCUT2D eigenvalue weighted by atomic mass is 10.2. The van der Waals surface area contributed by atoms with Crippen molar-refractivity contribution in [3.05, 3.63) is 87.4 Å². The molecule has 0 radical (unpaired) electrons. The number of esters is 1. The van der Waals surface area contributed by atoms with Crippen molar-refractivity contribution in [3.63, 3.8) is 0 Å². The summed E-state index contributed by atoms with van der Waals surface area (Å²) in [5.41, 5.74) is 2.57. The van der Waals surface area contributed by atoms with Gasteiger partial charge in [0.05, 0.1) is 12.2 Å². The van der Waals surface area contributed by atoms with Gasteiger partial charge in [0.1, 0.15) is 9.71 Å². The van der Waals surface area contributed by atoms with Gasteiger partial charge in [-0.2, -0.15) is 5.10 Å². The van der Waals surface area contributed by atoms with E-state index in [2.05, 4.69) is 15.7 Å². The molecular formula is C24H21ClN4O4S. The molecule has 0 atom stereocenters. The number of carbonyl (C=O) groups is 3. The number of benzene rings is 2. The van der Waals surface area contributed by atoms with Crippen LogP contribution in [0.15, 0.2) is 60.7 Å². The molecule has 8 nitrogen and oxygen atoms in total. The normalized spacial score (nSPS) is 10.8. The van der Waals surface area contributed by atoms with E-state index in [-0.39, 0.29) is 6.54 Å². The van der Waals surface area contributed by atoms with Crippen LogP contribution in [0.3, 0.4) is 0 Å². The molecule has 0 fully saturated rings. The number of thiophene rings is 1. The van der Waals surface area contributed by atoms with Gasteiger partial charge < -0.3 is 10.1 Å². The minimum absolute atomic E-state index is 0.270. The summed E-state index contributed by atoms with van der Waals surface area (Å²) in [5.74, 6) is -1.37. The van der Waals surface area contributed by atoms with Gasteiger partial charge in [-0.3, -0.25) is 14.8 Å². The third-order valence-corrected chi connectivity index (χ3v) is 6.47. The molecule has 4 aromatic rings. The highest BCUT2D eigenvalue weighted by atomic mass is 35.5. The van der Waals surface area contributed by atoms with E-state index in [1.165, 1.54) is 11.3 Å². The van der Waals surface area contributed by atoms with Gasteiger partial charge in [-0.05, 0) is 30.2 Å². The molecule has 0 spiro atoms. The number of urea groups is 1. The summed E-state index contributed by atoms with van der Waals surface area (Å²) in [6.07, 6.45) is 0. The van der Waals surface area contributed by atoms with Gasteiger partial charge in [-0.1, -0.05) is 60.1 Å². The molecule has 4 rings (SSSR count). The number of halogens is 1. The number of amides is 3. The predicted octanol–water partition coefficient (Wildman–Crippen LogP) is 4.29. The molecule has 0 saturated heterocycles. The summed E-state index contributed by atoms with van der Waals surface area (Å²) in [6, 6.07) is 17.8. The van der Waals surface area contributed by atoms with Crippen LogP contribution < -0.4 is 10.6 Å². The largest absolute Gasteiger partial charge is 0.451 e. The zero-order chi connectivity index (χ0) is 24.1. The smallest absolute Gasteiger partial charge is 0.348 e. The molecule has 34 heavy (non-hydrogen) atoms. The molecule has 174 valence electrons. The number of aromatic nitrogens is 2. The molecule has 3 amide bonds. The molecule has 10 heteroatoms. The fraction of sp³-hybridized carbons (Fsp3) is 0.167. The summed E-state index contributed by atoms with van der Waals surface area (Å²) < 4.78 is 6.89. The molecule has 2 heterocycles. The van der Waals surface area contributed by atoms with Crippen LogP contribution in [-0.2, 0) is 22.6 Å². The number of carbonyl (C=O) groups excluding carboxylic acids is 3. The molecular weight excluding hydrogens is 476 g/mol. The Morgan fingerprint density at radius 3 is 2.59 bits per heavy atom. The van der Waals surface area contributed by atoms with Crippen molar-refractivity contribution in [3.8, 4) is 0 Å². The van der Waals surface area contributed by atoms with Crippen LogP contribution in [0.25, 0.3) is 10.2 Å². The van der Waals surface area contributed by atoms with Gasteiger partial charge in [0, 0.05) is 17.0 Å². The van der Waals surface area contributed by atoms with Crippen LogP contribution in [-0.4, -0.2) is 34.3 Å². The van der Waals surface area contributed by atoms with Crippen LogP contribution in [0, 0.1) is 6.92 Å². The third-order valence-electron chi connectivity index (χ3n) is 4.97. The molecule has 0 aliphatic heterocycles. The Morgan fingerprint density at radius 2 is 1.82 bits per heavy atom. The van der Waals surface area contributed by atoms with E-state index in [0.717, 1.165) is 27.0 Å². The second-order valence-electron chi connectivity index (χ2n) is 7.46. The number of aryl methyl sites for hydroxylation is 1. The van der Waals surface area contributed by atoms with Crippen molar-refractivity contribution in [2.45, 2.75) is 20.0 Å². The summed E-state index contributed by atoms with van der Waals surface area (Å²) >= 11 is 7.49. The van der Waals surface area contributed by atoms with E-state index >= 15 is 0 Å². The number of fused-ring (bicyclic) bond motifs is 1. The molecule has 2 aromatic heterocycles. The number of nitrogens with one attached hydrogen (secondary N) is 2. The molecule has 0 aliphatic carbocycles. The van der Waals surface area contributed by atoms with Gasteiger partial charge in [0.2, 0.25) is 0 Å². The Balaban J connectivity index is 1.33. The maximum atomic E-state index is 12.5. The molecule has 0 bridgehead atoms. The van der Waals surface area contributed by atoms with Crippen molar-refractivity contribution in [2.75, 3.05) is 6.61 Å². The lowest BCUT2D eigenvalue weighted by Crippen LogP contribution is -2.41. The average Bonchev–Trinajstić information content (AvgIpc) is 3.39. The third kappa shape index (κ3) is 5.62. The van der Waals surface area contributed by atoms with E-state index in [9.17, 15) is 14.4 Å². The lowest BCUT2D eigenvalue weighted by Gasteiger charge is -2.07. The molecule has 2 N–H and O–H groups in total. The minimum Gasteiger partial charge on any atom is -0.451 e. The van der Waals surface area contributed by atoms with E-state index < -0.39 is 24.5 Å². The zero-order valence-electron chi connectivity index (χ0n) is 18.2. The maximum absolute atomic E-state index is 12.5. The van der Waals surface area contributed by atoms with Crippen molar-refractivity contribution in [1.29, 1.82) is 0 Å². The average molecular weight is 497 g/mol. The monoisotopic (exact) mass is 496 g/mol. The standard InChI is InChI=1S/C24H21ClN4O4S/c1-15-18-11-20(34-22(18)29(28-15)13-17-9-5-6-10-19(17)25)23(31)33-14-21(30)27-24(32)26-12-16-7-3-2-4-8-16/h2-11H,12-14H2,1H3,(H2,26,27,30,32). The lowest BCUT2D eigenvalue weighted by molar-refractivity contribution is -0.123. The van der Waals surface area contributed by atoms with Crippen molar-refractivity contribution < 1.29 is 19.1 Å². The number of imide groups is 1. The summed E-state index contributed by atoms with van der Waals surface area (Å²) in [6.45, 7) is 2.01. The van der Waals surface area contributed by atoms with Crippen LogP contribution in [0.4, 0.5) is 4.79 Å². The van der Waals surface area contributed by atoms with Gasteiger partial charge in [0.25, 0.3) is 5.91 Å². The molecule has 0 unspecified atom stereocenters. The second kappa shape index (κ2) is 10.5. The topological polar surface area (TPSA) is 102 Å². The van der Waals surface area contributed by atoms with Crippen molar-refractivity contribution in [2.24, 2.45) is 0 Å². The van der Waals surface area contributed by atoms with Crippen LogP contribution >= 0.6 is 22.9 Å². The van der Waals surface area contributed by atoms with Crippen LogP contribution in [0.1, 0.15) is 26.5 Å². The summed E-state index contributed by atoms with van der Waals surface area (Å²) in [7, 11) is 0. The second-order valence-corrected chi connectivity index (χ2v) is 8.89. The zero-order valence-corrected chi connectivity index (χ0v) is 19.8. The van der Waals surface area contributed by atoms with Gasteiger partial charge in [-0.25, -0.2) is 9.59 Å². The fourth-order valence-electron chi connectivity index (χ4n) is 3.30. The Bertz CT molecular complexity index is 1350. The highest BCUT2D eigenvalue weighted by molar-refractivity contribution is 7.20. The van der Waals surface area contributed by atoms with E-state index in [1.54, 1.807) is 10.7 Å². The maximum Gasteiger partial charge on any atom is 0.348 e. The van der Waals surface area contributed by atoms with Crippen LogP contribution in [0.2, 0.25) is 5.02 Å². The molecule has 0 saturated carbocycles. The Kier molecular flexibility index (Phi) is 7.24. The van der Waals surface area contributed by atoms with E-state index in [1.807, 2.05) is 61.5 Å². The fourth-order valence-corrected chi connectivity index (χ4v) is 4.55. The highest BCUT2D eigenvalue weighted by Gasteiger charge is 2.19. The SMILES string of the molecule is Cc1nn(Cc2ccccc2Cl)c2sc(C(=O)OCC(=O)NC(=O)NCc3ccccc3)cc12. The first-order valence-electron chi connectivity index (χ1n) is 10.4. The van der Waals surface area contributed by atoms with Crippen LogP contribution in [0.5, 0.6) is 0 Å². The number of hydrogen-bond donors (Lipinski definition) is 2. The first kappa shape index (κ1) is 23.5. The predicted molar refractivity (Wildman–Crippen MR) is 130 cm³/mol. The highest BCUT2D eigenvalue weighted by Crippen LogP contribution is 2.30. The van der Waals surface area contributed by atoms with Gasteiger partial charge in [-0.15, -0.1) is 11.3 Å². The van der Waals surface area contributed by atoms with Gasteiger partial charge in [0.15, 0.2) is 6.61 Å². The summed E-state index contributed by atoms with van der Waals surface area (Å²) in [4.78, 5) is 37.5. The number of ether oxygens (including phenoxy) is 1. The molecule has 0 aliphatic rings. The van der Waals surface area contributed by atoms with Gasteiger partial charge >= 0.3 is 12.0 Å². The summed E-state index contributed by atoms with van der Waals surface area (Å²) in [5, 5.41) is 10.7. The van der Waals surface area contributed by atoms with E-state index in [4.69, 9.17) is 16.3 Å². The Morgan fingerprint density at radius 1 is 1.09 bits per heavy atom. The van der Waals surface area contributed by atoms with Crippen molar-refractivity contribution in [1.82, 2.24) is 20.4 Å². The van der Waals surface area contributed by atoms with E-state index in [0.29, 0.717) is 16.4 Å². The Labute approximate surface area is 204 Å². The Hall–Kier alpha value is -3.69. The van der Waals surface area contributed by atoms with Crippen molar-refractivity contribution >= 4 is 51.1 Å². The molecule has 2 aromatic carbocycles. The first-order chi connectivity index (χ1) is 16.4.